The van der Waals surface area contributed by atoms with Gasteiger partial charge in [0.15, 0.2) is 0 Å². The molecule has 1 heterocycles. The number of carboxylic acids is 1. The fraction of sp³-hybridized carbons (Fsp3) is 0.667. The molecule has 0 radical (unpaired) electrons. The van der Waals surface area contributed by atoms with Gasteiger partial charge in [0, 0.05) is 6.42 Å². The van der Waals surface area contributed by atoms with Crippen LogP contribution in [0.15, 0.2) is 0 Å². The highest BCUT2D eigenvalue weighted by Crippen LogP contribution is 2.83. The quantitative estimate of drug-likeness (QED) is 0.464. The van der Waals surface area contributed by atoms with Gasteiger partial charge in [0.05, 0.1) is 11.3 Å². The van der Waals surface area contributed by atoms with Gasteiger partial charge in [0.2, 0.25) is 0 Å². The minimum atomic E-state index is -0.838. The van der Waals surface area contributed by atoms with Gasteiger partial charge in [-0.2, -0.15) is 0 Å². The molecule has 0 aromatic carbocycles. The zero-order chi connectivity index (χ0) is 10.1. The van der Waals surface area contributed by atoms with Crippen molar-refractivity contribution in [1.29, 1.82) is 0 Å². The topological polar surface area (TPSA) is 80.7 Å². The fourth-order valence-corrected chi connectivity index (χ4v) is 2.91. The van der Waals surface area contributed by atoms with Crippen LogP contribution in [0, 0.1) is 23.2 Å². The molecule has 3 fully saturated rings. The fourth-order valence-electron chi connectivity index (χ4n) is 2.91. The summed E-state index contributed by atoms with van der Waals surface area (Å²) in [4.78, 5) is 32.7. The maximum atomic E-state index is 11.4. The van der Waals surface area contributed by atoms with E-state index in [4.69, 9.17) is 5.11 Å². The Morgan fingerprint density at radius 2 is 2.07 bits per heavy atom. The highest BCUT2D eigenvalue weighted by Gasteiger charge is 2.90. The van der Waals surface area contributed by atoms with E-state index in [-0.39, 0.29) is 24.2 Å². The number of ether oxygens (including phenoxy) is 1. The van der Waals surface area contributed by atoms with Crippen LogP contribution >= 0.6 is 0 Å². The third kappa shape index (κ3) is 0.657. The molecule has 0 aromatic heterocycles. The Hall–Kier alpha value is -1.39. The Balaban J connectivity index is 1.76. The third-order valence-corrected chi connectivity index (χ3v) is 3.71. The molecular weight excluding hydrogens is 188 g/mol. The van der Waals surface area contributed by atoms with E-state index >= 15 is 0 Å². The van der Waals surface area contributed by atoms with Gasteiger partial charge in [-0.05, 0) is 18.3 Å². The van der Waals surface area contributed by atoms with Crippen molar-refractivity contribution in [2.45, 2.75) is 12.8 Å². The van der Waals surface area contributed by atoms with Crippen molar-refractivity contribution < 1.29 is 24.2 Å². The predicted octanol–water partition coefficient (Wildman–Crippen LogP) is -0.203. The van der Waals surface area contributed by atoms with E-state index in [9.17, 15) is 14.4 Å². The summed E-state index contributed by atoms with van der Waals surface area (Å²) in [5.41, 5.74) is -0.586. The van der Waals surface area contributed by atoms with E-state index in [2.05, 4.69) is 4.74 Å². The second-order valence-corrected chi connectivity index (χ2v) is 4.22. The van der Waals surface area contributed by atoms with E-state index in [1.54, 1.807) is 0 Å². The van der Waals surface area contributed by atoms with Gasteiger partial charge in [0.25, 0.3) is 0 Å². The Bertz CT molecular complexity index is 361. The van der Waals surface area contributed by atoms with Crippen molar-refractivity contribution in [2.75, 3.05) is 0 Å². The smallest absolute Gasteiger partial charge is 0.320 e. The lowest BCUT2D eigenvalue weighted by Gasteiger charge is -2.26. The number of aliphatic carboxylic acids is 1. The molecule has 2 saturated carbocycles. The summed E-state index contributed by atoms with van der Waals surface area (Å²) in [6.07, 6.45) is 0.717. The first kappa shape index (κ1) is 7.96. The van der Waals surface area contributed by atoms with E-state index < -0.39 is 23.3 Å². The van der Waals surface area contributed by atoms with Crippen molar-refractivity contribution in [3.05, 3.63) is 0 Å². The standard InChI is InChI=1S/C9H8O5/c10-3-1-2-9(8(13)14-3)5-4(6(5)9)7(11)12/h4-6H,1-2H2,(H,11,12). The lowest BCUT2D eigenvalue weighted by Crippen LogP contribution is -2.37. The van der Waals surface area contributed by atoms with Gasteiger partial charge in [-0.1, -0.05) is 0 Å². The zero-order valence-corrected chi connectivity index (χ0v) is 7.23. The van der Waals surface area contributed by atoms with Crippen LogP contribution in [0.25, 0.3) is 0 Å². The number of hydrogen-bond acceptors (Lipinski definition) is 4. The second kappa shape index (κ2) is 1.99. The molecule has 2 atom stereocenters. The van der Waals surface area contributed by atoms with E-state index in [0.717, 1.165) is 0 Å². The molecule has 1 aliphatic heterocycles. The Morgan fingerprint density at radius 3 is 2.57 bits per heavy atom. The molecule has 2 unspecified atom stereocenters. The zero-order valence-electron chi connectivity index (χ0n) is 7.23. The molecule has 3 aliphatic rings. The lowest BCUT2D eigenvalue weighted by molar-refractivity contribution is -0.172. The summed E-state index contributed by atoms with van der Waals surface area (Å²) < 4.78 is 4.52. The molecule has 1 N–H and O–H groups in total. The number of carbonyl (C=O) groups is 3. The highest BCUT2D eigenvalue weighted by molar-refractivity contribution is 5.98. The molecule has 3 rings (SSSR count). The molecular formula is C9H8O5. The van der Waals surface area contributed by atoms with Crippen LogP contribution in [0.1, 0.15) is 12.8 Å². The number of carbonyl (C=O) groups excluding carboxylic acids is 2. The molecule has 2 aliphatic carbocycles. The van der Waals surface area contributed by atoms with Crippen LogP contribution in [0.5, 0.6) is 0 Å². The summed E-state index contributed by atoms with van der Waals surface area (Å²) in [5.74, 6) is -2.30. The number of carboxylic acid groups (broad SMARTS) is 1. The molecule has 5 heteroatoms. The van der Waals surface area contributed by atoms with Gasteiger partial charge >= 0.3 is 17.9 Å². The first-order valence-electron chi connectivity index (χ1n) is 4.57. The van der Waals surface area contributed by atoms with E-state index in [1.807, 2.05) is 0 Å². The Kier molecular flexibility index (Phi) is 1.13. The maximum Gasteiger partial charge on any atom is 0.320 e. The van der Waals surface area contributed by atoms with Gasteiger partial charge < -0.3 is 9.84 Å². The predicted molar refractivity (Wildman–Crippen MR) is 40.9 cm³/mol. The van der Waals surface area contributed by atoms with Crippen molar-refractivity contribution in [2.24, 2.45) is 23.2 Å². The number of hydrogen-bond donors (Lipinski definition) is 1. The van der Waals surface area contributed by atoms with Gasteiger partial charge in [-0.25, -0.2) is 0 Å². The van der Waals surface area contributed by atoms with Crippen LogP contribution in [-0.4, -0.2) is 23.0 Å². The van der Waals surface area contributed by atoms with Crippen LogP contribution in [-0.2, 0) is 19.1 Å². The van der Waals surface area contributed by atoms with Crippen LogP contribution in [0.2, 0.25) is 0 Å². The number of esters is 2. The third-order valence-electron chi connectivity index (χ3n) is 3.71. The van der Waals surface area contributed by atoms with Crippen molar-refractivity contribution >= 4 is 17.9 Å². The van der Waals surface area contributed by atoms with Crippen LogP contribution < -0.4 is 0 Å². The van der Waals surface area contributed by atoms with Crippen molar-refractivity contribution in [3.8, 4) is 0 Å². The van der Waals surface area contributed by atoms with Crippen LogP contribution in [0.4, 0.5) is 0 Å². The molecule has 14 heavy (non-hydrogen) atoms. The normalized spacial score (nSPS) is 48.4. The number of fused-ring (bicyclic) bond motifs is 3. The van der Waals surface area contributed by atoms with Crippen molar-refractivity contribution in [3.63, 3.8) is 0 Å². The molecule has 0 amide bonds. The minimum Gasteiger partial charge on any atom is -0.481 e. The average Bonchev–Trinajstić information content (AvgIpc) is 2.89. The summed E-state index contributed by atoms with van der Waals surface area (Å²) in [5, 5.41) is 8.69. The summed E-state index contributed by atoms with van der Waals surface area (Å²) in [6.45, 7) is 0. The van der Waals surface area contributed by atoms with Gasteiger partial charge in [-0.3, -0.25) is 14.4 Å². The van der Waals surface area contributed by atoms with E-state index in [0.29, 0.717) is 6.42 Å². The SMILES string of the molecule is O=C1CCC2(C(=O)O1)C1C(C(=O)O)C12. The lowest BCUT2D eigenvalue weighted by atomic mass is 9.83. The molecule has 1 saturated heterocycles. The summed E-state index contributed by atoms with van der Waals surface area (Å²) >= 11 is 0. The largest absolute Gasteiger partial charge is 0.481 e. The molecule has 5 nitrogen and oxygen atoms in total. The molecule has 1 spiro atoms. The summed E-state index contributed by atoms with van der Waals surface area (Å²) in [7, 11) is 0. The summed E-state index contributed by atoms with van der Waals surface area (Å²) in [6, 6.07) is 0. The van der Waals surface area contributed by atoms with Crippen LogP contribution in [0.3, 0.4) is 0 Å². The monoisotopic (exact) mass is 196 g/mol. The molecule has 74 valence electrons. The molecule has 0 bridgehead atoms. The minimum absolute atomic E-state index is 0.0550. The van der Waals surface area contributed by atoms with E-state index in [1.165, 1.54) is 0 Å². The highest BCUT2D eigenvalue weighted by atomic mass is 16.6. The number of rotatable bonds is 1. The second-order valence-electron chi connectivity index (χ2n) is 4.22. The average molecular weight is 196 g/mol. The molecule has 0 aromatic rings. The number of cyclic esters (lactones) is 2. The van der Waals surface area contributed by atoms with Gasteiger partial charge in [0.1, 0.15) is 0 Å². The maximum absolute atomic E-state index is 11.4. The first-order chi connectivity index (χ1) is 6.59. The van der Waals surface area contributed by atoms with Gasteiger partial charge in [-0.15, -0.1) is 0 Å². The Labute approximate surface area is 79.0 Å². The first-order valence-corrected chi connectivity index (χ1v) is 4.57. The Morgan fingerprint density at radius 1 is 1.43 bits per heavy atom. The van der Waals surface area contributed by atoms with Crippen molar-refractivity contribution in [1.82, 2.24) is 0 Å².